The second-order valence-electron chi connectivity index (χ2n) is 3.12. The number of fused-ring (bicyclic) bond motifs is 3. The van der Waals surface area contributed by atoms with Crippen molar-refractivity contribution >= 4 is 21.9 Å². The molecule has 4 nitrogen and oxygen atoms in total. The number of H-pyrrole nitrogens is 1. The van der Waals surface area contributed by atoms with Gasteiger partial charge in [-0.15, -0.1) is 0 Å². The van der Waals surface area contributed by atoms with Crippen LogP contribution >= 0.6 is 0 Å². The van der Waals surface area contributed by atoms with Gasteiger partial charge >= 0.3 is 0 Å². The summed E-state index contributed by atoms with van der Waals surface area (Å²) in [6.45, 7) is 0. The second kappa shape index (κ2) is 2.45. The van der Waals surface area contributed by atoms with Crippen LogP contribution in [0.15, 0.2) is 30.7 Å². The summed E-state index contributed by atoms with van der Waals surface area (Å²) in [5.74, 6) is 0.237. The molecule has 0 aliphatic heterocycles. The Bertz CT molecular complexity index is 615. The number of benzene rings is 1. The lowest BCUT2D eigenvalue weighted by Gasteiger charge is -1.98. The zero-order chi connectivity index (χ0) is 9.54. The van der Waals surface area contributed by atoms with Crippen LogP contribution in [-0.4, -0.2) is 20.1 Å². The minimum Gasteiger partial charge on any atom is -0.508 e. The van der Waals surface area contributed by atoms with E-state index in [0.717, 1.165) is 21.9 Å². The molecule has 2 heterocycles. The standard InChI is InChI=1S/C10H7N3O/c14-6-1-2-8-7(3-6)10-9(4-11-8)12-5-13-10/h1-5,14H,(H,12,13). The van der Waals surface area contributed by atoms with Gasteiger partial charge in [0.2, 0.25) is 0 Å². The van der Waals surface area contributed by atoms with Crippen LogP contribution in [-0.2, 0) is 0 Å². The predicted molar refractivity (Wildman–Crippen MR) is 53.1 cm³/mol. The van der Waals surface area contributed by atoms with E-state index in [-0.39, 0.29) is 5.75 Å². The molecule has 3 aromatic rings. The van der Waals surface area contributed by atoms with E-state index in [1.165, 1.54) is 0 Å². The second-order valence-corrected chi connectivity index (χ2v) is 3.12. The lowest BCUT2D eigenvalue weighted by molar-refractivity contribution is 0.476. The van der Waals surface area contributed by atoms with E-state index in [1.54, 1.807) is 30.7 Å². The van der Waals surface area contributed by atoms with Gasteiger partial charge in [0.15, 0.2) is 0 Å². The van der Waals surface area contributed by atoms with Crippen LogP contribution in [0.3, 0.4) is 0 Å². The van der Waals surface area contributed by atoms with Crippen molar-refractivity contribution in [3.05, 3.63) is 30.7 Å². The maximum Gasteiger partial charge on any atom is 0.116 e. The molecule has 68 valence electrons. The van der Waals surface area contributed by atoms with Crippen molar-refractivity contribution in [2.75, 3.05) is 0 Å². The summed E-state index contributed by atoms with van der Waals surface area (Å²) in [7, 11) is 0. The van der Waals surface area contributed by atoms with Gasteiger partial charge in [-0.3, -0.25) is 4.98 Å². The highest BCUT2D eigenvalue weighted by Crippen LogP contribution is 2.23. The predicted octanol–water partition coefficient (Wildman–Crippen LogP) is 1.82. The molecule has 1 aromatic carbocycles. The van der Waals surface area contributed by atoms with Gasteiger partial charge in [0.25, 0.3) is 0 Å². The summed E-state index contributed by atoms with van der Waals surface area (Å²) < 4.78 is 0. The number of phenols is 1. The summed E-state index contributed by atoms with van der Waals surface area (Å²) in [5, 5.41) is 10.3. The Morgan fingerprint density at radius 3 is 3.00 bits per heavy atom. The van der Waals surface area contributed by atoms with E-state index < -0.39 is 0 Å². The number of pyridine rings is 1. The minimum atomic E-state index is 0.237. The van der Waals surface area contributed by atoms with Crippen molar-refractivity contribution in [3.8, 4) is 5.75 Å². The van der Waals surface area contributed by atoms with Gasteiger partial charge in [0.05, 0.1) is 23.6 Å². The normalized spacial score (nSPS) is 11.1. The van der Waals surface area contributed by atoms with E-state index in [2.05, 4.69) is 15.0 Å². The SMILES string of the molecule is Oc1ccc2ncc3nc[nH]c3c2c1. The first-order valence-electron chi connectivity index (χ1n) is 4.25. The van der Waals surface area contributed by atoms with Gasteiger partial charge in [-0.25, -0.2) is 4.98 Å². The van der Waals surface area contributed by atoms with Crippen molar-refractivity contribution in [1.29, 1.82) is 0 Å². The fourth-order valence-electron chi connectivity index (χ4n) is 1.59. The lowest BCUT2D eigenvalue weighted by Crippen LogP contribution is -1.80. The highest BCUT2D eigenvalue weighted by atomic mass is 16.3. The topological polar surface area (TPSA) is 61.8 Å². The minimum absolute atomic E-state index is 0.237. The molecule has 4 heteroatoms. The molecule has 0 aliphatic rings. The van der Waals surface area contributed by atoms with E-state index in [1.807, 2.05) is 0 Å². The summed E-state index contributed by atoms with van der Waals surface area (Å²) in [5.41, 5.74) is 2.56. The van der Waals surface area contributed by atoms with Crippen LogP contribution in [0.4, 0.5) is 0 Å². The zero-order valence-corrected chi connectivity index (χ0v) is 7.23. The Kier molecular flexibility index (Phi) is 1.28. The van der Waals surface area contributed by atoms with Gasteiger partial charge in [-0.2, -0.15) is 0 Å². The maximum absolute atomic E-state index is 9.37. The van der Waals surface area contributed by atoms with Gasteiger partial charge in [-0.05, 0) is 18.2 Å². The molecule has 0 unspecified atom stereocenters. The third-order valence-corrected chi connectivity index (χ3v) is 2.24. The molecule has 0 amide bonds. The zero-order valence-electron chi connectivity index (χ0n) is 7.23. The molecule has 0 bridgehead atoms. The van der Waals surface area contributed by atoms with E-state index in [4.69, 9.17) is 0 Å². The number of hydrogen-bond donors (Lipinski definition) is 2. The molecule has 14 heavy (non-hydrogen) atoms. The number of hydrogen-bond acceptors (Lipinski definition) is 3. The molecular formula is C10H7N3O. The molecule has 0 saturated heterocycles. The Hall–Kier alpha value is -2.10. The van der Waals surface area contributed by atoms with Crippen molar-refractivity contribution in [2.45, 2.75) is 0 Å². The van der Waals surface area contributed by atoms with Gasteiger partial charge in [-0.1, -0.05) is 0 Å². The fourth-order valence-corrected chi connectivity index (χ4v) is 1.59. The van der Waals surface area contributed by atoms with Gasteiger partial charge < -0.3 is 10.1 Å². The highest BCUT2D eigenvalue weighted by Gasteiger charge is 2.03. The van der Waals surface area contributed by atoms with Crippen molar-refractivity contribution in [1.82, 2.24) is 15.0 Å². The smallest absolute Gasteiger partial charge is 0.116 e. The van der Waals surface area contributed by atoms with Crippen LogP contribution in [0.25, 0.3) is 21.9 Å². The third kappa shape index (κ3) is 0.877. The lowest BCUT2D eigenvalue weighted by atomic mass is 10.2. The monoisotopic (exact) mass is 185 g/mol. The molecule has 2 aromatic heterocycles. The van der Waals surface area contributed by atoms with Crippen molar-refractivity contribution in [3.63, 3.8) is 0 Å². The largest absolute Gasteiger partial charge is 0.508 e. The molecule has 0 atom stereocenters. The van der Waals surface area contributed by atoms with E-state index in [9.17, 15) is 5.11 Å². The molecule has 2 N–H and O–H groups in total. The number of aromatic hydroxyl groups is 1. The molecule has 3 rings (SSSR count). The average molecular weight is 185 g/mol. The first-order valence-corrected chi connectivity index (χ1v) is 4.25. The van der Waals surface area contributed by atoms with Crippen LogP contribution in [0, 0.1) is 0 Å². The third-order valence-electron chi connectivity index (χ3n) is 2.24. The molecule has 0 radical (unpaired) electrons. The van der Waals surface area contributed by atoms with Crippen LogP contribution in [0.2, 0.25) is 0 Å². The van der Waals surface area contributed by atoms with E-state index >= 15 is 0 Å². The quantitative estimate of drug-likeness (QED) is 0.561. The first-order chi connectivity index (χ1) is 6.84. The number of rotatable bonds is 0. The Balaban J connectivity index is 2.60. The van der Waals surface area contributed by atoms with Crippen molar-refractivity contribution in [2.24, 2.45) is 0 Å². The maximum atomic E-state index is 9.37. The Morgan fingerprint density at radius 1 is 1.14 bits per heavy atom. The first kappa shape index (κ1) is 7.32. The molecular weight excluding hydrogens is 178 g/mol. The van der Waals surface area contributed by atoms with Gasteiger partial charge in [0.1, 0.15) is 11.3 Å². The fraction of sp³-hybridized carbons (Fsp3) is 0. The summed E-state index contributed by atoms with van der Waals surface area (Å²) in [6.07, 6.45) is 3.33. The summed E-state index contributed by atoms with van der Waals surface area (Å²) >= 11 is 0. The van der Waals surface area contributed by atoms with Crippen LogP contribution in [0.1, 0.15) is 0 Å². The number of nitrogens with one attached hydrogen (secondary N) is 1. The molecule has 0 saturated carbocycles. The summed E-state index contributed by atoms with van der Waals surface area (Å²) in [6, 6.07) is 5.09. The number of phenolic OH excluding ortho intramolecular Hbond substituents is 1. The summed E-state index contributed by atoms with van der Waals surface area (Å²) in [4.78, 5) is 11.4. The van der Waals surface area contributed by atoms with Crippen LogP contribution in [0.5, 0.6) is 5.75 Å². The molecule has 0 aliphatic carbocycles. The number of aromatic amines is 1. The Morgan fingerprint density at radius 2 is 2.07 bits per heavy atom. The average Bonchev–Trinajstić information content (AvgIpc) is 2.65. The molecule has 0 fully saturated rings. The number of aromatic nitrogens is 3. The number of nitrogens with zero attached hydrogens (tertiary/aromatic N) is 2. The van der Waals surface area contributed by atoms with Crippen molar-refractivity contribution < 1.29 is 5.11 Å². The van der Waals surface area contributed by atoms with E-state index in [0.29, 0.717) is 0 Å². The van der Waals surface area contributed by atoms with Gasteiger partial charge in [0, 0.05) is 5.39 Å². The van der Waals surface area contributed by atoms with Crippen LogP contribution < -0.4 is 0 Å². The number of imidazole rings is 1. The Labute approximate surface area is 79.2 Å². The molecule has 0 spiro atoms. The highest BCUT2D eigenvalue weighted by molar-refractivity contribution is 6.01.